The molecule has 0 unspecified atom stereocenters. The molecule has 3 aromatic carbocycles. The van der Waals surface area contributed by atoms with E-state index >= 15 is 0 Å². The van der Waals surface area contributed by atoms with Gasteiger partial charge in [-0.2, -0.15) is 13.2 Å². The fourth-order valence-electron chi connectivity index (χ4n) is 5.47. The maximum Gasteiger partial charge on any atom is 0.453 e. The van der Waals surface area contributed by atoms with E-state index < -0.39 is 29.1 Å². The van der Waals surface area contributed by atoms with Crippen LogP contribution in [0.1, 0.15) is 68.3 Å². The van der Waals surface area contributed by atoms with Gasteiger partial charge >= 0.3 is 12.1 Å². The number of ether oxygens (including phenoxy) is 3. The number of halogens is 3. The van der Waals surface area contributed by atoms with Crippen molar-refractivity contribution in [2.45, 2.75) is 60.2 Å². The summed E-state index contributed by atoms with van der Waals surface area (Å²) in [4.78, 5) is 28.0. The van der Waals surface area contributed by atoms with Crippen LogP contribution in [0.2, 0.25) is 0 Å². The van der Waals surface area contributed by atoms with Gasteiger partial charge in [-0.25, -0.2) is 4.79 Å². The number of carbonyl (C=O) groups excluding carboxylic acids is 1. The van der Waals surface area contributed by atoms with E-state index in [2.05, 4.69) is 0 Å². The SMILES string of the molecule is CCCc1ccc(Oc2c(C(F)(F)F)oc3c(C[NH+](CC(C)C)CC(C)C)c(OC(=O)c4ccc(OC)cc4)ccc3c2=O)cc1. The molecule has 0 radical (unpaired) electrons. The van der Waals surface area contributed by atoms with Crippen LogP contribution in [0.3, 0.4) is 0 Å². The highest BCUT2D eigenvalue weighted by atomic mass is 19.4. The zero-order valence-corrected chi connectivity index (χ0v) is 27.0. The highest BCUT2D eigenvalue weighted by Crippen LogP contribution is 2.40. The Hall–Kier alpha value is -4.31. The highest BCUT2D eigenvalue weighted by Gasteiger charge is 2.41. The second-order valence-electron chi connectivity index (χ2n) is 12.2. The monoisotopic (exact) mass is 640 g/mol. The molecule has 46 heavy (non-hydrogen) atoms. The second kappa shape index (κ2) is 14.9. The lowest BCUT2D eigenvalue weighted by atomic mass is 10.1. The molecule has 0 aliphatic rings. The van der Waals surface area contributed by atoms with Crippen LogP contribution in [0.5, 0.6) is 23.0 Å². The van der Waals surface area contributed by atoms with Crippen LogP contribution in [-0.2, 0) is 19.1 Å². The third kappa shape index (κ3) is 8.48. The number of alkyl halides is 3. The van der Waals surface area contributed by atoms with Crippen molar-refractivity contribution in [3.63, 3.8) is 0 Å². The molecule has 4 aromatic rings. The number of hydrogen-bond donors (Lipinski definition) is 1. The standard InChI is InChI=1S/C36H40F3NO6/c1-7-8-24-9-13-27(14-10-24)44-33-31(41)28-17-18-30(45-35(42)25-11-15-26(43-6)16-12-25)29(32(28)46-34(33)36(37,38)39)21-40(19-22(2)3)20-23(4)5/h9-18,22-23H,7-8,19-21H2,1-6H3/p+1. The normalized spacial score (nSPS) is 11.9. The molecule has 246 valence electrons. The van der Waals surface area contributed by atoms with E-state index in [9.17, 15) is 22.8 Å². The van der Waals surface area contributed by atoms with Gasteiger partial charge in [0.2, 0.25) is 11.2 Å². The van der Waals surface area contributed by atoms with Crippen LogP contribution < -0.4 is 24.5 Å². The Morgan fingerprint density at radius 3 is 2.04 bits per heavy atom. The molecule has 0 fully saturated rings. The third-order valence-electron chi connectivity index (χ3n) is 7.37. The van der Waals surface area contributed by atoms with Crippen molar-refractivity contribution in [2.75, 3.05) is 20.2 Å². The molecular weight excluding hydrogens is 599 g/mol. The number of aryl methyl sites for hydroxylation is 1. The van der Waals surface area contributed by atoms with Gasteiger partial charge in [-0.15, -0.1) is 0 Å². The van der Waals surface area contributed by atoms with Crippen LogP contribution in [0.25, 0.3) is 11.0 Å². The molecule has 0 bridgehead atoms. The average Bonchev–Trinajstić information content (AvgIpc) is 2.99. The lowest BCUT2D eigenvalue weighted by Gasteiger charge is -2.24. The molecule has 7 nitrogen and oxygen atoms in total. The van der Waals surface area contributed by atoms with Crippen molar-refractivity contribution in [3.8, 4) is 23.0 Å². The van der Waals surface area contributed by atoms with E-state index in [-0.39, 0.29) is 52.0 Å². The molecule has 0 saturated heterocycles. The fraction of sp³-hybridized carbons (Fsp3) is 0.389. The summed E-state index contributed by atoms with van der Waals surface area (Å²) in [5.74, 6) is -2.08. The van der Waals surface area contributed by atoms with E-state index in [1.165, 1.54) is 43.5 Å². The topological polar surface area (TPSA) is 79.4 Å². The number of nitrogens with one attached hydrogen (secondary N) is 1. The maximum absolute atomic E-state index is 14.5. The van der Waals surface area contributed by atoms with Crippen molar-refractivity contribution in [3.05, 3.63) is 93.3 Å². The predicted octanol–water partition coefficient (Wildman–Crippen LogP) is 7.48. The molecule has 1 heterocycles. The molecule has 10 heteroatoms. The molecule has 0 aliphatic carbocycles. The summed E-state index contributed by atoms with van der Waals surface area (Å²) >= 11 is 0. The molecule has 0 saturated carbocycles. The highest BCUT2D eigenvalue weighted by molar-refractivity contribution is 5.92. The first kappa shape index (κ1) is 34.6. The van der Waals surface area contributed by atoms with Crippen molar-refractivity contribution < 1.29 is 41.5 Å². The summed E-state index contributed by atoms with van der Waals surface area (Å²) in [5.41, 5.74) is 0.121. The Bertz CT molecular complexity index is 1680. The first-order valence-corrected chi connectivity index (χ1v) is 15.5. The molecule has 1 N–H and O–H groups in total. The summed E-state index contributed by atoms with van der Waals surface area (Å²) in [6, 6.07) is 15.5. The van der Waals surface area contributed by atoms with Gasteiger partial charge in [0.25, 0.3) is 5.76 Å². The number of fused-ring (bicyclic) bond motifs is 1. The third-order valence-corrected chi connectivity index (χ3v) is 7.37. The van der Waals surface area contributed by atoms with Gasteiger partial charge in [-0.3, -0.25) is 4.79 Å². The molecule has 1 aromatic heterocycles. The fourth-order valence-corrected chi connectivity index (χ4v) is 5.47. The minimum Gasteiger partial charge on any atom is -0.497 e. The van der Waals surface area contributed by atoms with Gasteiger partial charge in [0.15, 0.2) is 5.58 Å². The van der Waals surface area contributed by atoms with E-state index in [4.69, 9.17) is 18.6 Å². The van der Waals surface area contributed by atoms with E-state index in [1.807, 2.05) is 34.6 Å². The summed E-state index contributed by atoms with van der Waals surface area (Å²) < 4.78 is 65.7. The Morgan fingerprint density at radius 2 is 1.50 bits per heavy atom. The summed E-state index contributed by atoms with van der Waals surface area (Å²) in [6.45, 7) is 11.7. The molecule has 0 atom stereocenters. The van der Waals surface area contributed by atoms with Crippen LogP contribution in [0.4, 0.5) is 13.2 Å². The smallest absolute Gasteiger partial charge is 0.453 e. The van der Waals surface area contributed by atoms with Gasteiger partial charge < -0.3 is 23.5 Å². The number of esters is 1. The number of methoxy groups -OCH3 is 1. The first-order valence-electron chi connectivity index (χ1n) is 15.5. The van der Waals surface area contributed by atoms with Crippen LogP contribution in [-0.4, -0.2) is 26.2 Å². The van der Waals surface area contributed by atoms with Crippen LogP contribution in [0, 0.1) is 11.8 Å². The van der Waals surface area contributed by atoms with Gasteiger partial charge in [-0.05, 0) is 60.5 Å². The van der Waals surface area contributed by atoms with Crippen molar-refractivity contribution >= 4 is 16.9 Å². The first-order chi connectivity index (χ1) is 21.8. The van der Waals surface area contributed by atoms with Crippen molar-refractivity contribution in [1.29, 1.82) is 0 Å². The Kier molecular flexibility index (Phi) is 11.2. The Balaban J connectivity index is 1.88. The van der Waals surface area contributed by atoms with Crippen molar-refractivity contribution in [2.24, 2.45) is 11.8 Å². The molecule has 0 amide bonds. The second-order valence-corrected chi connectivity index (χ2v) is 12.2. The van der Waals surface area contributed by atoms with E-state index in [0.29, 0.717) is 18.8 Å². The quantitative estimate of drug-likeness (QED) is 0.121. The number of rotatable bonds is 13. The van der Waals surface area contributed by atoms with Crippen molar-refractivity contribution in [1.82, 2.24) is 0 Å². The summed E-state index contributed by atoms with van der Waals surface area (Å²) in [7, 11) is 1.50. The minimum atomic E-state index is -5.06. The lowest BCUT2D eigenvalue weighted by Crippen LogP contribution is -3.11. The van der Waals surface area contributed by atoms with E-state index in [1.54, 1.807) is 24.3 Å². The number of carbonyl (C=O) groups is 1. The lowest BCUT2D eigenvalue weighted by molar-refractivity contribution is -0.919. The van der Waals surface area contributed by atoms with Gasteiger partial charge in [0.1, 0.15) is 23.8 Å². The van der Waals surface area contributed by atoms with Gasteiger partial charge in [0, 0.05) is 11.8 Å². The zero-order chi connectivity index (χ0) is 33.6. The predicted molar refractivity (Wildman–Crippen MR) is 170 cm³/mol. The van der Waals surface area contributed by atoms with Gasteiger partial charge in [-0.1, -0.05) is 53.2 Å². The van der Waals surface area contributed by atoms with Crippen LogP contribution >= 0.6 is 0 Å². The summed E-state index contributed by atoms with van der Waals surface area (Å²) in [5, 5.41) is -0.113. The summed E-state index contributed by atoms with van der Waals surface area (Å²) in [6.07, 6.45) is -3.35. The number of hydrogen-bond acceptors (Lipinski definition) is 6. The number of benzene rings is 3. The Morgan fingerprint density at radius 1 is 0.891 bits per heavy atom. The Labute approximate surface area is 266 Å². The van der Waals surface area contributed by atoms with E-state index in [0.717, 1.165) is 23.3 Å². The molecule has 0 spiro atoms. The largest absolute Gasteiger partial charge is 0.497 e. The molecule has 0 aliphatic heterocycles. The maximum atomic E-state index is 14.5. The zero-order valence-electron chi connectivity index (χ0n) is 27.0. The molecule has 4 rings (SSSR count). The van der Waals surface area contributed by atoms with Gasteiger partial charge in [0.05, 0.1) is 36.7 Å². The van der Waals surface area contributed by atoms with Crippen LogP contribution in [0.15, 0.2) is 69.9 Å². The average molecular weight is 641 g/mol. The molecular formula is C36H41F3NO6+. The minimum absolute atomic E-state index is 0.00906. The number of quaternary nitrogens is 1.